The Morgan fingerprint density at radius 2 is 1.94 bits per heavy atom. The molecule has 0 aromatic heterocycles. The Morgan fingerprint density at radius 3 is 2.41 bits per heavy atom. The maximum atomic E-state index is 11.9. The molecule has 100 valence electrons. The first-order valence-corrected chi connectivity index (χ1v) is 7.81. The number of sulfonamides is 1. The fourth-order valence-corrected chi connectivity index (χ4v) is 3.70. The fraction of sp³-hybridized carbons (Fsp3) is 0.909. The average Bonchev–Trinajstić information content (AvgIpc) is 2.26. The summed E-state index contributed by atoms with van der Waals surface area (Å²) in [6.45, 7) is 4.52. The number of hydrogen-bond donors (Lipinski definition) is 1. The number of carbonyl (C=O) groups is 1. The van der Waals surface area contributed by atoms with Crippen molar-refractivity contribution in [3.05, 3.63) is 0 Å². The molecule has 1 amide bonds. The highest BCUT2D eigenvalue weighted by molar-refractivity contribution is 7.89. The molecule has 0 saturated carbocycles. The molecule has 6 heteroatoms. The number of carbonyl (C=O) groups excluding carboxylic acids is 1. The number of unbranched alkanes of at least 4 members (excludes halogenated alkanes) is 1. The highest BCUT2D eigenvalue weighted by atomic mass is 32.2. The lowest BCUT2D eigenvalue weighted by Gasteiger charge is -2.31. The molecule has 0 aliphatic carbocycles. The molecule has 1 aliphatic rings. The van der Waals surface area contributed by atoms with Gasteiger partial charge in [0.25, 0.3) is 0 Å². The molecule has 0 spiro atoms. The first-order valence-electron chi connectivity index (χ1n) is 6.20. The Hall–Kier alpha value is -0.620. The fourth-order valence-electron chi connectivity index (χ4n) is 2.02. The number of nitrogens with zero attached hydrogens (tertiary/aromatic N) is 1. The monoisotopic (exact) mass is 262 g/mol. The lowest BCUT2D eigenvalue weighted by molar-refractivity contribution is -0.119. The normalized spacial score (nSPS) is 19.2. The van der Waals surface area contributed by atoms with E-state index in [1.807, 2.05) is 6.92 Å². The largest absolute Gasteiger partial charge is 0.354 e. The number of nitrogens with one attached hydrogen (secondary N) is 1. The summed E-state index contributed by atoms with van der Waals surface area (Å²) in [5.41, 5.74) is 0. The van der Waals surface area contributed by atoms with Crippen LogP contribution in [0.15, 0.2) is 0 Å². The van der Waals surface area contributed by atoms with Crippen molar-refractivity contribution in [2.45, 2.75) is 45.6 Å². The van der Waals surface area contributed by atoms with Gasteiger partial charge in [0, 0.05) is 26.1 Å². The van der Waals surface area contributed by atoms with Gasteiger partial charge in [0.05, 0.1) is 5.75 Å². The number of piperidine rings is 1. The van der Waals surface area contributed by atoms with E-state index in [4.69, 9.17) is 0 Å². The minimum Gasteiger partial charge on any atom is -0.354 e. The molecule has 0 aromatic rings. The molecule has 0 unspecified atom stereocenters. The standard InChI is InChI=1S/C11H22N2O3S/c1-3-4-9-17(15,16)13-7-5-11(6-8-13)12-10(2)14/h11H,3-9H2,1-2H3,(H,12,14). The Bertz CT molecular complexity index is 346. The van der Waals surface area contributed by atoms with Crippen LogP contribution >= 0.6 is 0 Å². The van der Waals surface area contributed by atoms with E-state index in [1.165, 1.54) is 6.92 Å². The zero-order valence-corrected chi connectivity index (χ0v) is 11.4. The van der Waals surface area contributed by atoms with Crippen LogP contribution in [-0.2, 0) is 14.8 Å². The van der Waals surface area contributed by atoms with Crippen molar-refractivity contribution in [1.29, 1.82) is 0 Å². The predicted molar refractivity (Wildman–Crippen MR) is 67.1 cm³/mol. The Balaban J connectivity index is 2.43. The van der Waals surface area contributed by atoms with Crippen LogP contribution in [0.25, 0.3) is 0 Å². The Kier molecular flexibility index (Phi) is 5.39. The summed E-state index contributed by atoms with van der Waals surface area (Å²) in [4.78, 5) is 10.9. The summed E-state index contributed by atoms with van der Waals surface area (Å²) >= 11 is 0. The van der Waals surface area contributed by atoms with E-state index < -0.39 is 10.0 Å². The van der Waals surface area contributed by atoms with Gasteiger partial charge in [0.2, 0.25) is 15.9 Å². The molecule has 1 heterocycles. The maximum Gasteiger partial charge on any atom is 0.217 e. The molecule has 1 rings (SSSR count). The van der Waals surface area contributed by atoms with Crippen molar-refractivity contribution in [2.24, 2.45) is 0 Å². The topological polar surface area (TPSA) is 66.5 Å². The molecule has 0 bridgehead atoms. The highest BCUT2D eigenvalue weighted by Crippen LogP contribution is 2.15. The van der Waals surface area contributed by atoms with E-state index >= 15 is 0 Å². The van der Waals surface area contributed by atoms with Crippen molar-refractivity contribution < 1.29 is 13.2 Å². The second kappa shape index (κ2) is 6.35. The summed E-state index contributed by atoms with van der Waals surface area (Å²) in [5, 5.41) is 2.84. The lowest BCUT2D eigenvalue weighted by atomic mass is 10.1. The van der Waals surface area contributed by atoms with E-state index in [9.17, 15) is 13.2 Å². The van der Waals surface area contributed by atoms with Gasteiger partial charge in [0.1, 0.15) is 0 Å². The van der Waals surface area contributed by atoms with Crippen LogP contribution in [0, 0.1) is 0 Å². The van der Waals surface area contributed by atoms with Gasteiger partial charge < -0.3 is 5.32 Å². The van der Waals surface area contributed by atoms with E-state index in [-0.39, 0.29) is 17.7 Å². The van der Waals surface area contributed by atoms with Crippen LogP contribution in [-0.4, -0.2) is 43.5 Å². The molecule has 1 N–H and O–H groups in total. The first kappa shape index (κ1) is 14.4. The highest BCUT2D eigenvalue weighted by Gasteiger charge is 2.27. The molecule has 0 atom stereocenters. The van der Waals surface area contributed by atoms with Crippen LogP contribution in [0.5, 0.6) is 0 Å². The number of hydrogen-bond acceptors (Lipinski definition) is 3. The van der Waals surface area contributed by atoms with Crippen LogP contribution in [0.2, 0.25) is 0 Å². The second-order valence-electron chi connectivity index (χ2n) is 4.54. The lowest BCUT2D eigenvalue weighted by Crippen LogP contribution is -2.46. The van der Waals surface area contributed by atoms with Gasteiger partial charge in [-0.25, -0.2) is 12.7 Å². The van der Waals surface area contributed by atoms with Gasteiger partial charge in [-0.3, -0.25) is 4.79 Å². The minimum absolute atomic E-state index is 0.0442. The number of amides is 1. The zero-order valence-electron chi connectivity index (χ0n) is 10.6. The quantitative estimate of drug-likeness (QED) is 0.794. The third-order valence-corrected chi connectivity index (χ3v) is 4.97. The van der Waals surface area contributed by atoms with Crippen LogP contribution in [0.4, 0.5) is 0 Å². The predicted octanol–water partition coefficient (Wildman–Crippen LogP) is 0.717. The summed E-state index contributed by atoms with van der Waals surface area (Å²) in [5.74, 6) is 0.200. The maximum absolute atomic E-state index is 11.9. The van der Waals surface area contributed by atoms with Gasteiger partial charge >= 0.3 is 0 Å². The molecular weight excluding hydrogens is 240 g/mol. The molecule has 1 fully saturated rings. The van der Waals surface area contributed by atoms with Gasteiger partial charge in [-0.05, 0) is 19.3 Å². The van der Waals surface area contributed by atoms with Crippen molar-refractivity contribution in [1.82, 2.24) is 9.62 Å². The van der Waals surface area contributed by atoms with E-state index in [0.29, 0.717) is 32.4 Å². The first-order chi connectivity index (χ1) is 7.95. The minimum atomic E-state index is -3.08. The summed E-state index contributed by atoms with van der Waals surface area (Å²) < 4.78 is 25.4. The third kappa shape index (κ3) is 4.63. The van der Waals surface area contributed by atoms with Crippen molar-refractivity contribution in [2.75, 3.05) is 18.8 Å². The Labute approximate surface area is 104 Å². The van der Waals surface area contributed by atoms with Crippen LogP contribution < -0.4 is 5.32 Å². The van der Waals surface area contributed by atoms with E-state index in [1.54, 1.807) is 4.31 Å². The number of rotatable bonds is 5. The molecule has 0 radical (unpaired) electrons. The molecule has 5 nitrogen and oxygen atoms in total. The van der Waals surface area contributed by atoms with Gasteiger partial charge in [-0.15, -0.1) is 0 Å². The zero-order chi connectivity index (χ0) is 12.9. The van der Waals surface area contributed by atoms with Crippen LogP contribution in [0.3, 0.4) is 0 Å². The van der Waals surface area contributed by atoms with E-state index in [0.717, 1.165) is 6.42 Å². The van der Waals surface area contributed by atoms with Crippen molar-refractivity contribution in [3.8, 4) is 0 Å². The average molecular weight is 262 g/mol. The summed E-state index contributed by atoms with van der Waals surface area (Å²) in [6, 6.07) is 0.130. The van der Waals surface area contributed by atoms with Gasteiger partial charge in [0.15, 0.2) is 0 Å². The second-order valence-corrected chi connectivity index (χ2v) is 6.63. The van der Waals surface area contributed by atoms with Gasteiger partial charge in [-0.2, -0.15) is 0 Å². The third-order valence-electron chi connectivity index (χ3n) is 3.01. The summed E-state index contributed by atoms with van der Waals surface area (Å²) in [6.07, 6.45) is 3.03. The van der Waals surface area contributed by atoms with Crippen molar-refractivity contribution in [3.63, 3.8) is 0 Å². The smallest absolute Gasteiger partial charge is 0.217 e. The van der Waals surface area contributed by atoms with Crippen molar-refractivity contribution >= 4 is 15.9 Å². The molecule has 17 heavy (non-hydrogen) atoms. The van der Waals surface area contributed by atoms with E-state index in [2.05, 4.69) is 5.32 Å². The molecule has 1 aliphatic heterocycles. The molecular formula is C11H22N2O3S. The summed E-state index contributed by atoms with van der Waals surface area (Å²) in [7, 11) is -3.08. The van der Waals surface area contributed by atoms with Gasteiger partial charge in [-0.1, -0.05) is 13.3 Å². The molecule has 0 aromatic carbocycles. The Morgan fingerprint density at radius 1 is 1.35 bits per heavy atom. The molecule has 1 saturated heterocycles. The SMILES string of the molecule is CCCCS(=O)(=O)N1CCC(NC(C)=O)CC1. The van der Waals surface area contributed by atoms with Crippen LogP contribution in [0.1, 0.15) is 39.5 Å².